The van der Waals surface area contributed by atoms with Crippen LogP contribution in [0.15, 0.2) is 24.3 Å². The lowest BCUT2D eigenvalue weighted by Gasteiger charge is -2.25. The Morgan fingerprint density at radius 2 is 2.08 bits per heavy atom. The Labute approximate surface area is 144 Å². The number of hydrogen-bond acceptors (Lipinski definition) is 4. The van der Waals surface area contributed by atoms with E-state index in [9.17, 15) is 19.5 Å². The lowest BCUT2D eigenvalue weighted by atomic mass is 10.0. The minimum Gasteiger partial charge on any atom is -0.480 e. The summed E-state index contributed by atoms with van der Waals surface area (Å²) in [5, 5.41) is 11.7. The first-order valence-corrected chi connectivity index (χ1v) is 9.01. The van der Waals surface area contributed by atoms with Gasteiger partial charge in [0.25, 0.3) is 5.91 Å². The highest BCUT2D eigenvalue weighted by Crippen LogP contribution is 2.48. The molecule has 0 aliphatic carbocycles. The van der Waals surface area contributed by atoms with Crippen molar-refractivity contribution in [3.05, 3.63) is 35.4 Å². The zero-order valence-electron chi connectivity index (χ0n) is 13.6. The van der Waals surface area contributed by atoms with Crippen LogP contribution in [0.1, 0.15) is 41.6 Å². The average molecular weight is 348 g/mol. The molecule has 3 rings (SSSR count). The third kappa shape index (κ3) is 2.88. The molecular formula is C17H20N2O4S. The van der Waals surface area contributed by atoms with Crippen LogP contribution in [0.2, 0.25) is 0 Å². The van der Waals surface area contributed by atoms with Crippen molar-refractivity contribution in [1.82, 2.24) is 10.2 Å². The lowest BCUT2D eigenvalue weighted by molar-refractivity contribution is -0.142. The molecule has 24 heavy (non-hydrogen) atoms. The topological polar surface area (TPSA) is 86.7 Å². The number of carboxylic acids is 1. The van der Waals surface area contributed by atoms with Crippen LogP contribution in [0.25, 0.3) is 0 Å². The number of thioether (sulfide) groups is 1. The molecular weight excluding hydrogens is 328 g/mol. The van der Waals surface area contributed by atoms with Gasteiger partial charge in [0.15, 0.2) is 0 Å². The van der Waals surface area contributed by atoms with Gasteiger partial charge in [0.05, 0.1) is 0 Å². The van der Waals surface area contributed by atoms with Crippen LogP contribution < -0.4 is 5.32 Å². The fourth-order valence-electron chi connectivity index (χ4n) is 3.20. The second kappa shape index (κ2) is 6.47. The van der Waals surface area contributed by atoms with Crippen molar-refractivity contribution >= 4 is 29.5 Å². The van der Waals surface area contributed by atoms with Crippen LogP contribution in [0, 0.1) is 5.92 Å². The van der Waals surface area contributed by atoms with E-state index in [4.69, 9.17) is 0 Å². The van der Waals surface area contributed by atoms with E-state index >= 15 is 0 Å². The molecule has 6 nitrogen and oxygen atoms in total. The van der Waals surface area contributed by atoms with Crippen molar-refractivity contribution in [3.63, 3.8) is 0 Å². The predicted molar refractivity (Wildman–Crippen MR) is 90.6 cm³/mol. The molecule has 0 radical (unpaired) electrons. The number of fused-ring (bicyclic) bond motifs is 3. The van der Waals surface area contributed by atoms with E-state index in [2.05, 4.69) is 5.32 Å². The highest BCUT2D eigenvalue weighted by Gasteiger charge is 2.48. The number of rotatable bonds is 5. The van der Waals surface area contributed by atoms with Gasteiger partial charge in [-0.05, 0) is 24.0 Å². The van der Waals surface area contributed by atoms with Crippen LogP contribution in [-0.4, -0.2) is 45.6 Å². The molecule has 2 heterocycles. The van der Waals surface area contributed by atoms with Gasteiger partial charge in [-0.25, -0.2) is 4.79 Å². The molecule has 2 amide bonds. The summed E-state index contributed by atoms with van der Waals surface area (Å²) in [7, 11) is 0. The largest absolute Gasteiger partial charge is 0.480 e. The predicted octanol–water partition coefficient (Wildman–Crippen LogP) is 1.87. The summed E-state index contributed by atoms with van der Waals surface area (Å²) in [5.41, 5.74) is 1.56. The van der Waals surface area contributed by atoms with Crippen LogP contribution >= 0.6 is 11.8 Å². The maximum absolute atomic E-state index is 12.6. The maximum Gasteiger partial charge on any atom is 0.326 e. The summed E-state index contributed by atoms with van der Waals surface area (Å²) < 4.78 is 0. The molecule has 3 atom stereocenters. The van der Waals surface area contributed by atoms with E-state index < -0.39 is 18.1 Å². The molecule has 3 unspecified atom stereocenters. The van der Waals surface area contributed by atoms with Crippen LogP contribution in [0.5, 0.6) is 0 Å². The Kier molecular flexibility index (Phi) is 4.54. The van der Waals surface area contributed by atoms with Crippen molar-refractivity contribution in [2.24, 2.45) is 5.92 Å². The number of carboxylic acid groups (broad SMARTS) is 1. The molecule has 0 spiro atoms. The Bertz CT molecular complexity index is 691. The third-order valence-electron chi connectivity index (χ3n) is 4.32. The number of carbonyl (C=O) groups excluding carboxylic acids is 2. The van der Waals surface area contributed by atoms with E-state index in [-0.39, 0.29) is 23.1 Å². The standard InChI is InChI=1S/C17H20N2O4S/c1-9(2)7-12(17(22)23)18-14(20)13-8-24-16-11-6-4-3-5-10(11)15(21)19(13)16/h3-6,9,12-13,16H,7-8H2,1-2H3,(H,18,20)(H,22,23). The van der Waals surface area contributed by atoms with Crippen LogP contribution in [0.3, 0.4) is 0 Å². The summed E-state index contributed by atoms with van der Waals surface area (Å²) in [4.78, 5) is 38.1. The van der Waals surface area contributed by atoms with Gasteiger partial charge < -0.3 is 15.3 Å². The highest BCUT2D eigenvalue weighted by molar-refractivity contribution is 7.99. The fourth-order valence-corrected chi connectivity index (χ4v) is 4.67. The molecule has 2 aliphatic rings. The number of nitrogens with zero attached hydrogens (tertiary/aromatic N) is 1. The van der Waals surface area contributed by atoms with Crippen molar-refractivity contribution in [2.75, 3.05) is 5.75 Å². The van der Waals surface area contributed by atoms with Gasteiger partial charge in [0.1, 0.15) is 17.5 Å². The minimum absolute atomic E-state index is 0.148. The summed E-state index contributed by atoms with van der Waals surface area (Å²) in [6.45, 7) is 3.81. The molecule has 1 fully saturated rings. The first kappa shape index (κ1) is 16.8. The molecule has 128 valence electrons. The van der Waals surface area contributed by atoms with Gasteiger partial charge in [-0.15, -0.1) is 11.8 Å². The monoisotopic (exact) mass is 348 g/mol. The molecule has 0 bridgehead atoms. The Balaban J connectivity index is 1.76. The lowest BCUT2D eigenvalue weighted by Crippen LogP contribution is -2.51. The van der Waals surface area contributed by atoms with E-state index in [0.29, 0.717) is 17.7 Å². The maximum atomic E-state index is 12.6. The number of carbonyl (C=O) groups is 3. The summed E-state index contributed by atoms with van der Waals surface area (Å²) in [5.74, 6) is -0.967. The number of aliphatic carboxylic acids is 1. The SMILES string of the molecule is CC(C)CC(NC(=O)C1CSC2c3ccccc3C(=O)N12)C(=O)O. The van der Waals surface area contributed by atoms with Crippen LogP contribution in [0.4, 0.5) is 0 Å². The number of nitrogens with one attached hydrogen (secondary N) is 1. The van der Waals surface area contributed by atoms with E-state index in [1.165, 1.54) is 0 Å². The molecule has 0 saturated carbocycles. The fraction of sp³-hybridized carbons (Fsp3) is 0.471. The summed E-state index contributed by atoms with van der Waals surface area (Å²) in [6, 6.07) is 5.80. The van der Waals surface area contributed by atoms with Crippen molar-refractivity contribution in [1.29, 1.82) is 0 Å². The molecule has 1 aromatic carbocycles. The number of hydrogen-bond donors (Lipinski definition) is 2. The number of benzene rings is 1. The van der Waals surface area contributed by atoms with Crippen molar-refractivity contribution in [3.8, 4) is 0 Å². The van der Waals surface area contributed by atoms with Gasteiger partial charge in [-0.2, -0.15) is 0 Å². The Morgan fingerprint density at radius 3 is 2.75 bits per heavy atom. The molecule has 1 aromatic rings. The second-order valence-electron chi connectivity index (χ2n) is 6.53. The molecule has 2 N–H and O–H groups in total. The molecule has 1 saturated heterocycles. The van der Waals surface area contributed by atoms with Crippen molar-refractivity contribution < 1.29 is 19.5 Å². The van der Waals surface area contributed by atoms with E-state index in [1.807, 2.05) is 32.0 Å². The zero-order chi connectivity index (χ0) is 17.4. The summed E-state index contributed by atoms with van der Waals surface area (Å²) in [6.07, 6.45) is 0.360. The first-order chi connectivity index (χ1) is 11.4. The van der Waals surface area contributed by atoms with Gasteiger partial charge in [0.2, 0.25) is 5.91 Å². The zero-order valence-corrected chi connectivity index (χ0v) is 14.4. The molecule has 2 aliphatic heterocycles. The highest BCUT2D eigenvalue weighted by atomic mass is 32.2. The third-order valence-corrected chi connectivity index (χ3v) is 5.62. The van der Waals surface area contributed by atoms with Gasteiger partial charge in [-0.3, -0.25) is 9.59 Å². The van der Waals surface area contributed by atoms with E-state index in [1.54, 1.807) is 22.7 Å². The Morgan fingerprint density at radius 1 is 1.38 bits per heavy atom. The van der Waals surface area contributed by atoms with Gasteiger partial charge >= 0.3 is 5.97 Å². The van der Waals surface area contributed by atoms with Gasteiger partial charge in [-0.1, -0.05) is 32.0 Å². The first-order valence-electron chi connectivity index (χ1n) is 7.96. The average Bonchev–Trinajstić information content (AvgIpc) is 3.07. The normalized spacial score (nSPS) is 23.1. The molecule has 7 heteroatoms. The second-order valence-corrected chi connectivity index (χ2v) is 7.64. The van der Waals surface area contributed by atoms with Crippen molar-refractivity contribution in [2.45, 2.75) is 37.7 Å². The number of amides is 2. The van der Waals surface area contributed by atoms with E-state index in [0.717, 1.165) is 5.56 Å². The van der Waals surface area contributed by atoms with Gasteiger partial charge in [0, 0.05) is 11.3 Å². The summed E-state index contributed by atoms with van der Waals surface area (Å²) >= 11 is 1.54. The Hall–Kier alpha value is -2.02. The minimum atomic E-state index is -1.05. The smallest absolute Gasteiger partial charge is 0.326 e. The quantitative estimate of drug-likeness (QED) is 0.848. The molecule has 0 aromatic heterocycles. The van der Waals surface area contributed by atoms with Crippen LogP contribution in [-0.2, 0) is 9.59 Å².